The molecule has 3 N–H and O–H groups in total. The van der Waals surface area contributed by atoms with Gasteiger partial charge in [0.1, 0.15) is 0 Å². The summed E-state index contributed by atoms with van der Waals surface area (Å²) >= 11 is 0. The van der Waals surface area contributed by atoms with Crippen LogP contribution in [-0.4, -0.2) is 17.7 Å². The number of nitrogens with two attached hydrogens (primary N) is 1. The van der Waals surface area contributed by atoms with E-state index in [9.17, 15) is 9.59 Å². The predicted molar refractivity (Wildman–Crippen MR) is 74.8 cm³/mol. The van der Waals surface area contributed by atoms with E-state index in [-0.39, 0.29) is 24.5 Å². The number of amides is 1. The number of hydrogen-bond donors (Lipinski definition) is 2. The van der Waals surface area contributed by atoms with Gasteiger partial charge < -0.3 is 11.1 Å². The third-order valence-corrected chi connectivity index (χ3v) is 3.53. The maximum Gasteiger partial charge on any atom is 0.220 e. The maximum absolute atomic E-state index is 11.9. The number of benzene rings is 1. The first-order valence-electron chi connectivity index (χ1n) is 6.83. The number of carbonyl (C=O) groups is 2. The van der Waals surface area contributed by atoms with Crippen LogP contribution >= 0.6 is 0 Å². The number of anilines is 1. The quantitative estimate of drug-likeness (QED) is 0.630. The van der Waals surface area contributed by atoms with Gasteiger partial charge in [0, 0.05) is 30.1 Å². The first-order chi connectivity index (χ1) is 9.15. The van der Waals surface area contributed by atoms with E-state index in [0.29, 0.717) is 17.3 Å². The first kappa shape index (κ1) is 13.6. The SMILES string of the molecule is Nc1ccc(C(=O)CCC(=O)NC2CCCC2)cc1. The average molecular weight is 260 g/mol. The lowest BCUT2D eigenvalue weighted by molar-refractivity contribution is -0.121. The van der Waals surface area contributed by atoms with Gasteiger partial charge in [0.25, 0.3) is 0 Å². The summed E-state index contributed by atoms with van der Waals surface area (Å²) in [5.41, 5.74) is 6.81. The van der Waals surface area contributed by atoms with Gasteiger partial charge in [-0.05, 0) is 37.1 Å². The van der Waals surface area contributed by atoms with Crippen molar-refractivity contribution in [1.29, 1.82) is 0 Å². The Morgan fingerprint density at radius 2 is 1.74 bits per heavy atom. The van der Waals surface area contributed by atoms with Crippen LogP contribution in [0.1, 0.15) is 48.9 Å². The fourth-order valence-corrected chi connectivity index (χ4v) is 2.41. The molecule has 102 valence electrons. The second-order valence-electron chi connectivity index (χ2n) is 5.09. The third kappa shape index (κ3) is 4.09. The smallest absolute Gasteiger partial charge is 0.220 e. The minimum Gasteiger partial charge on any atom is -0.399 e. The highest BCUT2D eigenvalue weighted by atomic mass is 16.2. The minimum atomic E-state index is -0.0179. The van der Waals surface area contributed by atoms with Gasteiger partial charge >= 0.3 is 0 Å². The van der Waals surface area contributed by atoms with E-state index >= 15 is 0 Å². The van der Waals surface area contributed by atoms with Gasteiger partial charge in [0.2, 0.25) is 5.91 Å². The Morgan fingerprint density at radius 1 is 1.11 bits per heavy atom. The van der Waals surface area contributed by atoms with E-state index in [2.05, 4.69) is 5.32 Å². The molecule has 0 spiro atoms. The molecule has 0 atom stereocenters. The normalized spacial score (nSPS) is 15.4. The molecule has 0 aromatic heterocycles. The Balaban J connectivity index is 1.76. The molecule has 4 heteroatoms. The molecule has 0 heterocycles. The predicted octanol–water partition coefficient (Wildman–Crippen LogP) is 2.29. The second kappa shape index (κ2) is 6.36. The maximum atomic E-state index is 11.9. The summed E-state index contributed by atoms with van der Waals surface area (Å²) in [6.07, 6.45) is 5.03. The standard InChI is InChI=1S/C15H20N2O2/c16-12-7-5-11(6-8-12)14(18)9-10-15(19)17-13-3-1-2-4-13/h5-8,13H,1-4,9-10,16H2,(H,17,19). The Morgan fingerprint density at radius 3 is 2.37 bits per heavy atom. The molecule has 0 saturated heterocycles. The molecule has 4 nitrogen and oxygen atoms in total. The van der Waals surface area contributed by atoms with Gasteiger partial charge in [-0.1, -0.05) is 12.8 Å². The molecule has 0 bridgehead atoms. The molecule has 1 aliphatic carbocycles. The number of rotatable bonds is 5. The van der Waals surface area contributed by atoms with E-state index in [4.69, 9.17) is 5.73 Å². The number of nitrogen functional groups attached to an aromatic ring is 1. The van der Waals surface area contributed by atoms with Crippen molar-refractivity contribution in [3.05, 3.63) is 29.8 Å². The topological polar surface area (TPSA) is 72.2 Å². The van der Waals surface area contributed by atoms with E-state index in [1.807, 2.05) is 0 Å². The van der Waals surface area contributed by atoms with Crippen LogP contribution in [0.3, 0.4) is 0 Å². The van der Waals surface area contributed by atoms with E-state index in [1.54, 1.807) is 24.3 Å². The zero-order valence-electron chi connectivity index (χ0n) is 11.0. The lowest BCUT2D eigenvalue weighted by Gasteiger charge is -2.11. The Kier molecular flexibility index (Phi) is 4.55. The number of Topliss-reactive ketones (excluding diaryl/α,β-unsaturated/α-hetero) is 1. The van der Waals surface area contributed by atoms with Gasteiger partial charge in [0.15, 0.2) is 5.78 Å². The van der Waals surface area contributed by atoms with Gasteiger partial charge in [-0.25, -0.2) is 0 Å². The Hall–Kier alpha value is -1.84. The monoisotopic (exact) mass is 260 g/mol. The van der Waals surface area contributed by atoms with Crippen molar-refractivity contribution in [3.8, 4) is 0 Å². The molecule has 1 aromatic carbocycles. The third-order valence-electron chi connectivity index (χ3n) is 3.53. The van der Waals surface area contributed by atoms with Crippen LogP contribution in [0.5, 0.6) is 0 Å². The van der Waals surface area contributed by atoms with Crippen molar-refractivity contribution >= 4 is 17.4 Å². The molecule has 0 unspecified atom stereocenters. The lowest BCUT2D eigenvalue weighted by Crippen LogP contribution is -2.32. The molecule has 0 aliphatic heterocycles. The number of carbonyl (C=O) groups excluding carboxylic acids is 2. The van der Waals surface area contributed by atoms with E-state index in [0.717, 1.165) is 12.8 Å². The highest BCUT2D eigenvalue weighted by Crippen LogP contribution is 2.17. The van der Waals surface area contributed by atoms with Crippen molar-refractivity contribution < 1.29 is 9.59 Å². The molecule has 1 aliphatic rings. The van der Waals surface area contributed by atoms with Crippen LogP contribution in [0.2, 0.25) is 0 Å². The van der Waals surface area contributed by atoms with Crippen LogP contribution < -0.4 is 11.1 Å². The van der Waals surface area contributed by atoms with Crippen LogP contribution in [0.4, 0.5) is 5.69 Å². The average Bonchev–Trinajstić information content (AvgIpc) is 2.89. The number of hydrogen-bond acceptors (Lipinski definition) is 3. The summed E-state index contributed by atoms with van der Waals surface area (Å²) in [5, 5.41) is 2.98. The van der Waals surface area contributed by atoms with Crippen molar-refractivity contribution in [1.82, 2.24) is 5.32 Å². The Labute approximate surface area is 113 Å². The van der Waals surface area contributed by atoms with Crippen LogP contribution in [-0.2, 0) is 4.79 Å². The summed E-state index contributed by atoms with van der Waals surface area (Å²) in [6.45, 7) is 0. The molecule has 1 saturated carbocycles. The molecule has 1 fully saturated rings. The summed E-state index contributed by atoms with van der Waals surface area (Å²) in [5.74, 6) is -0.0303. The van der Waals surface area contributed by atoms with Gasteiger partial charge in [-0.3, -0.25) is 9.59 Å². The molecular weight excluding hydrogens is 240 g/mol. The van der Waals surface area contributed by atoms with Crippen LogP contribution in [0.15, 0.2) is 24.3 Å². The molecule has 19 heavy (non-hydrogen) atoms. The van der Waals surface area contributed by atoms with E-state index < -0.39 is 0 Å². The lowest BCUT2D eigenvalue weighted by atomic mass is 10.1. The molecule has 1 amide bonds. The van der Waals surface area contributed by atoms with Crippen LogP contribution in [0.25, 0.3) is 0 Å². The van der Waals surface area contributed by atoms with Crippen molar-refractivity contribution in [2.24, 2.45) is 0 Å². The second-order valence-corrected chi connectivity index (χ2v) is 5.09. The van der Waals surface area contributed by atoms with Gasteiger partial charge in [-0.15, -0.1) is 0 Å². The largest absolute Gasteiger partial charge is 0.399 e. The highest BCUT2D eigenvalue weighted by molar-refractivity contribution is 5.98. The number of nitrogens with one attached hydrogen (secondary N) is 1. The summed E-state index contributed by atoms with van der Waals surface area (Å²) < 4.78 is 0. The van der Waals surface area contributed by atoms with Crippen LogP contribution in [0, 0.1) is 0 Å². The van der Waals surface area contributed by atoms with Crippen molar-refractivity contribution in [2.75, 3.05) is 5.73 Å². The van der Waals surface area contributed by atoms with Gasteiger partial charge in [-0.2, -0.15) is 0 Å². The van der Waals surface area contributed by atoms with Crippen molar-refractivity contribution in [3.63, 3.8) is 0 Å². The highest BCUT2D eigenvalue weighted by Gasteiger charge is 2.17. The summed E-state index contributed by atoms with van der Waals surface area (Å²) in [4.78, 5) is 23.6. The van der Waals surface area contributed by atoms with Gasteiger partial charge in [0.05, 0.1) is 0 Å². The molecule has 0 radical (unpaired) electrons. The fourth-order valence-electron chi connectivity index (χ4n) is 2.41. The first-order valence-corrected chi connectivity index (χ1v) is 6.83. The Bertz CT molecular complexity index is 448. The molecule has 2 rings (SSSR count). The summed E-state index contributed by atoms with van der Waals surface area (Å²) in [7, 11) is 0. The molecule has 1 aromatic rings. The molecular formula is C15H20N2O2. The zero-order valence-corrected chi connectivity index (χ0v) is 11.0. The minimum absolute atomic E-state index is 0.0124. The zero-order chi connectivity index (χ0) is 13.7. The number of ketones is 1. The van der Waals surface area contributed by atoms with Crippen molar-refractivity contribution in [2.45, 2.75) is 44.6 Å². The fraction of sp³-hybridized carbons (Fsp3) is 0.467. The van der Waals surface area contributed by atoms with E-state index in [1.165, 1.54) is 12.8 Å². The summed E-state index contributed by atoms with van der Waals surface area (Å²) in [6, 6.07) is 7.12.